The van der Waals surface area contributed by atoms with E-state index in [4.69, 9.17) is 32.6 Å². The number of nitrogen functional groups attached to an aromatic ring is 1. The van der Waals surface area contributed by atoms with Gasteiger partial charge < -0.3 is 15.6 Å². The van der Waals surface area contributed by atoms with Crippen molar-refractivity contribution >= 4 is 17.4 Å². The quantitative estimate of drug-likeness (QED) is 0.585. The van der Waals surface area contributed by atoms with Crippen LogP contribution in [0, 0.1) is 5.41 Å². The van der Waals surface area contributed by atoms with Crippen LogP contribution in [0.15, 0.2) is 42.5 Å². The molecule has 20 heavy (non-hydrogen) atoms. The van der Waals surface area contributed by atoms with Crippen LogP contribution in [0.2, 0.25) is 5.02 Å². The number of amidine groups is 1. The zero-order valence-corrected chi connectivity index (χ0v) is 11.5. The maximum absolute atomic E-state index is 9.04. The molecule has 0 heterocycles. The van der Waals surface area contributed by atoms with E-state index in [1.807, 2.05) is 24.3 Å². The molecule has 0 saturated carbocycles. The van der Waals surface area contributed by atoms with Gasteiger partial charge in [0.2, 0.25) is 0 Å². The number of halogens is 1. The van der Waals surface area contributed by atoms with Crippen molar-refractivity contribution in [1.82, 2.24) is 0 Å². The summed E-state index contributed by atoms with van der Waals surface area (Å²) >= 11 is 6.13. The summed E-state index contributed by atoms with van der Waals surface area (Å²) in [5.74, 6) is 1.10. The van der Waals surface area contributed by atoms with Gasteiger partial charge in [-0.3, -0.25) is 5.41 Å². The molecular weight excluding hydrogens is 276 g/mol. The van der Waals surface area contributed by atoms with Gasteiger partial charge in [0.25, 0.3) is 0 Å². The monoisotopic (exact) mass is 290 g/mol. The van der Waals surface area contributed by atoms with Crippen LogP contribution in [-0.2, 0) is 6.42 Å². The van der Waals surface area contributed by atoms with E-state index in [0.29, 0.717) is 28.5 Å². The molecule has 104 valence electrons. The van der Waals surface area contributed by atoms with E-state index in [1.54, 1.807) is 18.2 Å². The van der Waals surface area contributed by atoms with Crippen molar-refractivity contribution in [2.45, 2.75) is 6.42 Å². The average Bonchev–Trinajstić information content (AvgIpc) is 2.43. The second kappa shape index (κ2) is 6.41. The summed E-state index contributed by atoms with van der Waals surface area (Å²) in [6, 6.07) is 12.4. The summed E-state index contributed by atoms with van der Waals surface area (Å²) in [5.41, 5.74) is 6.86. The molecule has 0 aliphatic rings. The van der Waals surface area contributed by atoms with E-state index >= 15 is 0 Å². The molecule has 0 spiro atoms. The Morgan fingerprint density at radius 3 is 2.60 bits per heavy atom. The molecule has 0 fully saturated rings. The molecule has 0 aliphatic carbocycles. The second-order valence-corrected chi connectivity index (χ2v) is 4.65. The number of ether oxygens (including phenoxy) is 1. The summed E-state index contributed by atoms with van der Waals surface area (Å²) in [7, 11) is 0. The Kier molecular flexibility index (Phi) is 4.61. The minimum Gasteiger partial charge on any atom is -0.456 e. The fourth-order valence-corrected chi connectivity index (χ4v) is 2.02. The van der Waals surface area contributed by atoms with Gasteiger partial charge in [-0.2, -0.15) is 0 Å². The third-order valence-electron chi connectivity index (χ3n) is 2.82. The maximum atomic E-state index is 9.04. The minimum atomic E-state index is -0.0425. The van der Waals surface area contributed by atoms with Gasteiger partial charge in [-0.25, -0.2) is 0 Å². The number of hydrogen-bond acceptors (Lipinski definition) is 3. The normalized spacial score (nSPS) is 10.3. The lowest BCUT2D eigenvalue weighted by Crippen LogP contribution is -2.10. The van der Waals surface area contributed by atoms with Gasteiger partial charge >= 0.3 is 0 Å². The lowest BCUT2D eigenvalue weighted by atomic mass is 10.1. The number of hydrogen-bond donors (Lipinski definition) is 3. The van der Waals surface area contributed by atoms with Gasteiger partial charge in [0.1, 0.15) is 17.3 Å². The predicted octanol–water partition coefficient (Wildman–Crippen LogP) is 2.95. The topological polar surface area (TPSA) is 79.3 Å². The summed E-state index contributed by atoms with van der Waals surface area (Å²) in [6.07, 6.45) is 0.513. The molecule has 0 radical (unpaired) electrons. The van der Waals surface area contributed by atoms with Crippen molar-refractivity contribution < 1.29 is 9.84 Å². The van der Waals surface area contributed by atoms with Crippen LogP contribution < -0.4 is 10.5 Å². The van der Waals surface area contributed by atoms with Gasteiger partial charge in [0.15, 0.2) is 0 Å². The molecule has 2 aromatic carbocycles. The van der Waals surface area contributed by atoms with Crippen molar-refractivity contribution in [2.24, 2.45) is 5.73 Å². The Bertz CT molecular complexity index is 629. The first-order valence-corrected chi connectivity index (χ1v) is 6.50. The van der Waals surface area contributed by atoms with Crippen molar-refractivity contribution in [3.63, 3.8) is 0 Å². The van der Waals surface area contributed by atoms with Crippen molar-refractivity contribution in [2.75, 3.05) is 6.61 Å². The van der Waals surface area contributed by atoms with Crippen LogP contribution in [0.3, 0.4) is 0 Å². The van der Waals surface area contributed by atoms with E-state index in [0.717, 1.165) is 5.56 Å². The SMILES string of the molecule is N=C(N)c1ccc(Oc2ccccc2CCO)c(Cl)c1. The first-order chi connectivity index (χ1) is 9.61. The second-order valence-electron chi connectivity index (χ2n) is 4.24. The summed E-state index contributed by atoms with van der Waals surface area (Å²) in [6.45, 7) is 0.0530. The number of para-hydroxylation sites is 1. The van der Waals surface area contributed by atoms with Crippen LogP contribution in [0.1, 0.15) is 11.1 Å². The first-order valence-electron chi connectivity index (χ1n) is 6.12. The highest BCUT2D eigenvalue weighted by atomic mass is 35.5. The van der Waals surface area contributed by atoms with Crippen LogP contribution in [0.4, 0.5) is 0 Å². The predicted molar refractivity (Wildman–Crippen MR) is 79.8 cm³/mol. The number of aliphatic hydroxyl groups is 1. The fourth-order valence-electron chi connectivity index (χ4n) is 1.80. The van der Waals surface area contributed by atoms with Crippen LogP contribution in [-0.4, -0.2) is 17.5 Å². The standard InChI is InChI=1S/C15H15ClN2O2/c16-12-9-11(15(17)18)5-6-14(12)20-13-4-2-1-3-10(13)7-8-19/h1-6,9,19H,7-8H2,(H3,17,18). The van der Waals surface area contributed by atoms with Gasteiger partial charge in [-0.15, -0.1) is 0 Å². The van der Waals surface area contributed by atoms with Gasteiger partial charge in [0.05, 0.1) is 5.02 Å². The number of rotatable bonds is 5. The molecule has 5 heteroatoms. The highest BCUT2D eigenvalue weighted by molar-refractivity contribution is 6.32. The molecule has 2 aromatic rings. The first kappa shape index (κ1) is 14.4. The largest absolute Gasteiger partial charge is 0.456 e. The third-order valence-corrected chi connectivity index (χ3v) is 3.11. The van der Waals surface area contributed by atoms with E-state index in [-0.39, 0.29) is 12.4 Å². The number of aliphatic hydroxyl groups excluding tert-OH is 1. The molecule has 0 bridgehead atoms. The zero-order valence-electron chi connectivity index (χ0n) is 10.8. The van der Waals surface area contributed by atoms with Crippen molar-refractivity contribution in [3.05, 3.63) is 58.6 Å². The summed E-state index contributed by atoms with van der Waals surface area (Å²) in [5, 5.41) is 16.8. The Hall–Kier alpha value is -2.04. The van der Waals surface area contributed by atoms with Crippen LogP contribution in [0.25, 0.3) is 0 Å². The van der Waals surface area contributed by atoms with E-state index < -0.39 is 0 Å². The summed E-state index contributed by atoms with van der Waals surface area (Å²) < 4.78 is 5.77. The van der Waals surface area contributed by atoms with Crippen LogP contribution in [0.5, 0.6) is 11.5 Å². The fraction of sp³-hybridized carbons (Fsp3) is 0.133. The highest BCUT2D eigenvalue weighted by Gasteiger charge is 2.08. The van der Waals surface area contributed by atoms with E-state index in [2.05, 4.69) is 0 Å². The third kappa shape index (κ3) is 3.29. The molecule has 0 atom stereocenters. The minimum absolute atomic E-state index is 0.0425. The Morgan fingerprint density at radius 1 is 1.20 bits per heavy atom. The number of nitrogens with two attached hydrogens (primary N) is 1. The lowest BCUT2D eigenvalue weighted by Gasteiger charge is -2.12. The van der Waals surface area contributed by atoms with Gasteiger partial charge in [-0.05, 0) is 36.2 Å². The molecule has 0 aliphatic heterocycles. The molecular formula is C15H15ClN2O2. The van der Waals surface area contributed by atoms with E-state index in [9.17, 15) is 0 Å². The Labute approximate surface area is 122 Å². The summed E-state index contributed by atoms with van der Waals surface area (Å²) in [4.78, 5) is 0. The molecule has 0 unspecified atom stereocenters. The molecule has 0 saturated heterocycles. The van der Waals surface area contributed by atoms with Crippen molar-refractivity contribution in [3.8, 4) is 11.5 Å². The number of benzene rings is 2. The zero-order chi connectivity index (χ0) is 14.5. The van der Waals surface area contributed by atoms with Gasteiger partial charge in [-0.1, -0.05) is 29.8 Å². The Morgan fingerprint density at radius 2 is 1.95 bits per heavy atom. The average molecular weight is 291 g/mol. The van der Waals surface area contributed by atoms with Gasteiger partial charge in [0, 0.05) is 12.2 Å². The molecule has 0 amide bonds. The smallest absolute Gasteiger partial charge is 0.146 e. The molecule has 4 nitrogen and oxygen atoms in total. The van der Waals surface area contributed by atoms with Crippen LogP contribution >= 0.6 is 11.6 Å². The maximum Gasteiger partial charge on any atom is 0.146 e. The van der Waals surface area contributed by atoms with E-state index in [1.165, 1.54) is 0 Å². The molecule has 0 aromatic heterocycles. The number of nitrogens with one attached hydrogen (secondary N) is 1. The lowest BCUT2D eigenvalue weighted by molar-refractivity contribution is 0.298. The highest BCUT2D eigenvalue weighted by Crippen LogP contribution is 2.32. The molecule has 2 rings (SSSR count). The molecule has 4 N–H and O–H groups in total. The van der Waals surface area contributed by atoms with Crippen molar-refractivity contribution in [1.29, 1.82) is 5.41 Å². The Balaban J connectivity index is 2.28.